The van der Waals surface area contributed by atoms with Crippen LogP contribution in [-0.2, 0) is 5.41 Å². The number of pyridine rings is 1. The molecule has 144 valence electrons. The van der Waals surface area contributed by atoms with Crippen molar-refractivity contribution in [2.24, 2.45) is 0 Å². The van der Waals surface area contributed by atoms with E-state index in [4.69, 9.17) is 0 Å². The van der Waals surface area contributed by atoms with Crippen molar-refractivity contribution in [3.05, 3.63) is 138 Å². The van der Waals surface area contributed by atoms with Crippen LogP contribution < -0.4 is 0 Å². The lowest BCUT2D eigenvalue weighted by atomic mass is 9.69. The molecule has 31 heavy (non-hydrogen) atoms. The zero-order chi connectivity index (χ0) is 20.4. The molecule has 0 N–H and O–H groups in total. The van der Waals surface area contributed by atoms with Crippen molar-refractivity contribution < 1.29 is 0 Å². The first-order valence-electron chi connectivity index (χ1n) is 10.7. The first-order valence-corrected chi connectivity index (χ1v) is 10.7. The summed E-state index contributed by atoms with van der Waals surface area (Å²) in [6, 6.07) is 37.8. The molecule has 0 saturated heterocycles. The number of benzene rings is 4. The second-order valence-electron chi connectivity index (χ2n) is 8.35. The summed E-state index contributed by atoms with van der Waals surface area (Å²) in [5.41, 5.74) is 13.0. The van der Waals surface area contributed by atoms with Gasteiger partial charge in [0, 0.05) is 12.4 Å². The van der Waals surface area contributed by atoms with Crippen LogP contribution in [0, 0.1) is 0 Å². The smallest absolute Gasteiger partial charge is 0.0731 e. The van der Waals surface area contributed by atoms with Crippen molar-refractivity contribution in [1.82, 2.24) is 4.98 Å². The molecule has 0 fully saturated rings. The summed E-state index contributed by atoms with van der Waals surface area (Å²) in [6.07, 6.45) is 3.78. The largest absolute Gasteiger partial charge is 0.265 e. The van der Waals surface area contributed by atoms with Gasteiger partial charge in [0.15, 0.2) is 0 Å². The monoisotopic (exact) mass is 393 g/mol. The number of hydrogen-bond acceptors (Lipinski definition) is 1. The maximum atomic E-state index is 4.26. The third-order valence-electron chi connectivity index (χ3n) is 7.00. The summed E-state index contributed by atoms with van der Waals surface area (Å²) in [4.78, 5) is 4.26. The number of rotatable bonds is 1. The van der Waals surface area contributed by atoms with Crippen LogP contribution in [0.1, 0.15) is 22.3 Å². The molecule has 0 saturated carbocycles. The SMILES string of the molecule is c1ccc2c(c1)-c1ccccc1C21c2ccccc2-c2cccc(-c3ccncc3)c21. The Morgan fingerprint density at radius 2 is 0.871 bits per heavy atom. The molecule has 5 aromatic rings. The first kappa shape index (κ1) is 16.8. The topological polar surface area (TPSA) is 12.9 Å². The summed E-state index contributed by atoms with van der Waals surface area (Å²) in [5.74, 6) is 0. The van der Waals surface area contributed by atoms with E-state index >= 15 is 0 Å². The molecule has 1 heteroatoms. The van der Waals surface area contributed by atoms with Gasteiger partial charge in [-0.3, -0.25) is 4.98 Å². The van der Waals surface area contributed by atoms with Crippen LogP contribution in [0.25, 0.3) is 33.4 Å². The molecule has 2 aliphatic carbocycles. The van der Waals surface area contributed by atoms with Crippen molar-refractivity contribution in [1.29, 1.82) is 0 Å². The fourth-order valence-corrected chi connectivity index (χ4v) is 5.93. The van der Waals surface area contributed by atoms with E-state index in [1.807, 2.05) is 12.4 Å². The Morgan fingerprint density at radius 1 is 0.419 bits per heavy atom. The summed E-state index contributed by atoms with van der Waals surface area (Å²) in [6.45, 7) is 0. The quantitative estimate of drug-likeness (QED) is 0.290. The van der Waals surface area contributed by atoms with E-state index in [9.17, 15) is 0 Å². The van der Waals surface area contributed by atoms with Crippen LogP contribution in [0.15, 0.2) is 116 Å². The lowest BCUT2D eigenvalue weighted by molar-refractivity contribution is 0.795. The van der Waals surface area contributed by atoms with Gasteiger partial charge in [0.1, 0.15) is 0 Å². The highest BCUT2D eigenvalue weighted by atomic mass is 14.6. The van der Waals surface area contributed by atoms with Crippen molar-refractivity contribution in [2.75, 3.05) is 0 Å². The molecule has 0 amide bonds. The van der Waals surface area contributed by atoms with E-state index in [1.165, 1.54) is 55.6 Å². The molecule has 0 unspecified atom stereocenters. The van der Waals surface area contributed by atoms with Crippen molar-refractivity contribution in [2.45, 2.75) is 5.41 Å². The van der Waals surface area contributed by atoms with Crippen LogP contribution in [0.3, 0.4) is 0 Å². The molecule has 1 nitrogen and oxygen atoms in total. The highest BCUT2D eigenvalue weighted by Gasteiger charge is 2.52. The Kier molecular flexibility index (Phi) is 3.26. The Hall–Kier alpha value is -3.97. The number of aromatic nitrogens is 1. The fourth-order valence-electron chi connectivity index (χ4n) is 5.93. The van der Waals surface area contributed by atoms with E-state index in [2.05, 4.69) is 108 Å². The zero-order valence-electron chi connectivity index (χ0n) is 16.9. The minimum Gasteiger partial charge on any atom is -0.265 e. The zero-order valence-corrected chi connectivity index (χ0v) is 16.9. The Labute approximate surface area is 181 Å². The predicted octanol–water partition coefficient (Wildman–Crippen LogP) is 7.09. The predicted molar refractivity (Wildman–Crippen MR) is 126 cm³/mol. The lowest BCUT2D eigenvalue weighted by Gasteiger charge is -2.32. The molecule has 1 spiro atoms. The third kappa shape index (κ3) is 1.98. The van der Waals surface area contributed by atoms with Gasteiger partial charge >= 0.3 is 0 Å². The third-order valence-corrected chi connectivity index (χ3v) is 7.00. The van der Waals surface area contributed by atoms with Gasteiger partial charge < -0.3 is 0 Å². The van der Waals surface area contributed by atoms with Crippen LogP contribution in [0.5, 0.6) is 0 Å². The second kappa shape index (κ2) is 6.02. The van der Waals surface area contributed by atoms with Gasteiger partial charge in [0.2, 0.25) is 0 Å². The Morgan fingerprint density at radius 3 is 1.45 bits per heavy atom. The van der Waals surface area contributed by atoms with Gasteiger partial charge in [-0.15, -0.1) is 0 Å². The Balaban J connectivity index is 1.72. The maximum absolute atomic E-state index is 4.26. The van der Waals surface area contributed by atoms with Crippen LogP contribution in [-0.4, -0.2) is 4.98 Å². The molecular formula is C30H19N. The van der Waals surface area contributed by atoms with Crippen molar-refractivity contribution >= 4 is 0 Å². The van der Waals surface area contributed by atoms with Crippen LogP contribution in [0.2, 0.25) is 0 Å². The maximum Gasteiger partial charge on any atom is 0.0731 e. The molecule has 7 rings (SSSR count). The van der Waals surface area contributed by atoms with Crippen LogP contribution >= 0.6 is 0 Å². The second-order valence-corrected chi connectivity index (χ2v) is 8.35. The molecule has 0 aliphatic heterocycles. The minimum absolute atomic E-state index is 0.307. The number of fused-ring (bicyclic) bond motifs is 10. The fraction of sp³-hybridized carbons (Fsp3) is 0.0333. The highest BCUT2D eigenvalue weighted by Crippen LogP contribution is 2.64. The van der Waals surface area contributed by atoms with Gasteiger partial charge in [-0.1, -0.05) is 91.0 Å². The molecule has 2 aliphatic rings. The molecule has 4 aromatic carbocycles. The van der Waals surface area contributed by atoms with E-state index in [-0.39, 0.29) is 5.41 Å². The first-order chi connectivity index (χ1) is 15.4. The average Bonchev–Trinajstić information content (AvgIpc) is 3.32. The molecule has 1 aromatic heterocycles. The van der Waals surface area contributed by atoms with E-state index in [0.717, 1.165) is 0 Å². The standard InChI is InChI=1S/C30H19N/c1-4-13-26-22(8-1)23-9-2-5-14-27(23)30(26)28-15-6-3-10-24(28)25-12-7-11-21(29(25)30)20-16-18-31-19-17-20/h1-19H. The van der Waals surface area contributed by atoms with E-state index in [0.29, 0.717) is 0 Å². The van der Waals surface area contributed by atoms with E-state index < -0.39 is 0 Å². The average molecular weight is 393 g/mol. The van der Waals surface area contributed by atoms with Gasteiger partial charge in [-0.2, -0.15) is 0 Å². The summed E-state index contributed by atoms with van der Waals surface area (Å²) in [5, 5.41) is 0. The highest BCUT2D eigenvalue weighted by molar-refractivity contribution is 5.98. The van der Waals surface area contributed by atoms with Crippen molar-refractivity contribution in [3.8, 4) is 33.4 Å². The molecule has 0 atom stereocenters. The summed E-state index contributed by atoms with van der Waals surface area (Å²) >= 11 is 0. The normalized spacial score (nSPS) is 14.1. The van der Waals surface area contributed by atoms with Gasteiger partial charge in [-0.25, -0.2) is 0 Å². The van der Waals surface area contributed by atoms with Gasteiger partial charge in [0.25, 0.3) is 0 Å². The van der Waals surface area contributed by atoms with Gasteiger partial charge in [0.05, 0.1) is 5.41 Å². The van der Waals surface area contributed by atoms with Gasteiger partial charge in [-0.05, 0) is 67.8 Å². The summed E-state index contributed by atoms with van der Waals surface area (Å²) < 4.78 is 0. The molecule has 0 radical (unpaired) electrons. The van der Waals surface area contributed by atoms with Crippen molar-refractivity contribution in [3.63, 3.8) is 0 Å². The molecule has 0 bridgehead atoms. The molecule has 1 heterocycles. The number of hydrogen-bond donors (Lipinski definition) is 0. The number of nitrogens with zero attached hydrogens (tertiary/aromatic N) is 1. The minimum atomic E-state index is -0.307. The Bertz CT molecular complexity index is 1420. The van der Waals surface area contributed by atoms with Crippen LogP contribution in [0.4, 0.5) is 0 Å². The van der Waals surface area contributed by atoms with E-state index in [1.54, 1.807) is 0 Å². The molecular weight excluding hydrogens is 374 g/mol. The lowest BCUT2D eigenvalue weighted by Crippen LogP contribution is -2.26. The summed E-state index contributed by atoms with van der Waals surface area (Å²) in [7, 11) is 0.